The summed E-state index contributed by atoms with van der Waals surface area (Å²) in [7, 11) is 0. The van der Waals surface area contributed by atoms with Crippen LogP contribution in [0.5, 0.6) is 0 Å². The van der Waals surface area contributed by atoms with Crippen molar-refractivity contribution in [1.82, 2.24) is 9.80 Å². The van der Waals surface area contributed by atoms with E-state index in [9.17, 15) is 9.18 Å². The average Bonchev–Trinajstić information content (AvgIpc) is 3.13. The molecular formula is C22H26ClFN2OS. The number of amides is 1. The summed E-state index contributed by atoms with van der Waals surface area (Å²) in [5.74, 6) is 1.20. The predicted octanol–water partition coefficient (Wildman–Crippen LogP) is 5.21. The van der Waals surface area contributed by atoms with Gasteiger partial charge < -0.3 is 4.90 Å². The molecule has 0 radical (unpaired) electrons. The van der Waals surface area contributed by atoms with Crippen LogP contribution in [0.3, 0.4) is 0 Å². The van der Waals surface area contributed by atoms with Gasteiger partial charge >= 0.3 is 0 Å². The first-order valence-corrected chi connectivity index (χ1v) is 11.0. The molecule has 0 unspecified atom stereocenters. The van der Waals surface area contributed by atoms with Crippen LogP contribution in [-0.4, -0.2) is 41.1 Å². The molecule has 1 fully saturated rings. The summed E-state index contributed by atoms with van der Waals surface area (Å²) in [6.45, 7) is 6.78. The van der Waals surface area contributed by atoms with Gasteiger partial charge in [0.1, 0.15) is 11.2 Å². The summed E-state index contributed by atoms with van der Waals surface area (Å²) < 4.78 is 13.2. The van der Waals surface area contributed by atoms with Gasteiger partial charge in [-0.3, -0.25) is 9.69 Å². The Morgan fingerprint density at radius 3 is 2.64 bits per heavy atom. The van der Waals surface area contributed by atoms with Gasteiger partial charge in [0.2, 0.25) is 5.91 Å². The van der Waals surface area contributed by atoms with Crippen LogP contribution in [0.2, 0.25) is 5.02 Å². The van der Waals surface area contributed by atoms with Crippen molar-refractivity contribution in [2.24, 2.45) is 5.92 Å². The SMILES string of the molecule is CC(C)CN(CC(=O)N1CCS[C@@H]1c1ccccc1Cl)Cc1ccc(F)cc1. The van der Waals surface area contributed by atoms with Crippen LogP contribution in [0, 0.1) is 11.7 Å². The molecule has 0 N–H and O–H groups in total. The zero-order chi connectivity index (χ0) is 20.1. The van der Waals surface area contributed by atoms with E-state index < -0.39 is 0 Å². The lowest BCUT2D eigenvalue weighted by Gasteiger charge is -2.29. The number of thioether (sulfide) groups is 1. The minimum Gasteiger partial charge on any atom is -0.325 e. The predicted molar refractivity (Wildman–Crippen MR) is 115 cm³/mol. The maximum Gasteiger partial charge on any atom is 0.237 e. The minimum atomic E-state index is -0.244. The molecule has 0 aliphatic carbocycles. The van der Waals surface area contributed by atoms with E-state index in [0.29, 0.717) is 24.0 Å². The van der Waals surface area contributed by atoms with E-state index in [0.717, 1.165) is 30.0 Å². The van der Waals surface area contributed by atoms with Crippen LogP contribution >= 0.6 is 23.4 Å². The van der Waals surface area contributed by atoms with Gasteiger partial charge in [0, 0.05) is 36.0 Å². The number of benzene rings is 2. The Bertz CT molecular complexity index is 799. The quantitative estimate of drug-likeness (QED) is 0.614. The molecule has 0 spiro atoms. The minimum absolute atomic E-state index is 0.0343. The van der Waals surface area contributed by atoms with Crippen molar-refractivity contribution in [3.63, 3.8) is 0 Å². The molecule has 1 heterocycles. The second-order valence-electron chi connectivity index (χ2n) is 7.52. The number of halogens is 2. The monoisotopic (exact) mass is 420 g/mol. The maximum atomic E-state index is 13.2. The lowest BCUT2D eigenvalue weighted by molar-refractivity contribution is -0.132. The molecule has 2 aromatic carbocycles. The van der Waals surface area contributed by atoms with Gasteiger partial charge in [0.15, 0.2) is 0 Å². The molecule has 28 heavy (non-hydrogen) atoms. The third-order valence-electron chi connectivity index (χ3n) is 4.68. The van der Waals surface area contributed by atoms with Gasteiger partial charge in [-0.15, -0.1) is 11.8 Å². The summed E-state index contributed by atoms with van der Waals surface area (Å²) in [6.07, 6.45) is 0. The summed E-state index contributed by atoms with van der Waals surface area (Å²) >= 11 is 8.13. The van der Waals surface area contributed by atoms with Gasteiger partial charge in [-0.1, -0.05) is 55.8 Å². The zero-order valence-electron chi connectivity index (χ0n) is 16.3. The topological polar surface area (TPSA) is 23.6 Å². The van der Waals surface area contributed by atoms with Crippen LogP contribution < -0.4 is 0 Å². The molecule has 6 heteroatoms. The average molecular weight is 421 g/mol. The number of hydrogen-bond acceptors (Lipinski definition) is 3. The number of carbonyl (C=O) groups is 1. The third kappa shape index (κ3) is 5.49. The molecule has 1 atom stereocenters. The summed E-state index contributed by atoms with van der Waals surface area (Å²) in [5.41, 5.74) is 2.00. The van der Waals surface area contributed by atoms with Crippen molar-refractivity contribution in [3.8, 4) is 0 Å². The first-order chi connectivity index (χ1) is 13.4. The van der Waals surface area contributed by atoms with E-state index in [1.54, 1.807) is 23.9 Å². The third-order valence-corrected chi connectivity index (χ3v) is 6.27. The molecule has 0 bridgehead atoms. The molecular weight excluding hydrogens is 395 g/mol. The Kier molecular flexibility index (Phi) is 7.38. The van der Waals surface area contributed by atoms with Crippen molar-refractivity contribution < 1.29 is 9.18 Å². The highest BCUT2D eigenvalue weighted by Gasteiger charge is 2.32. The first-order valence-electron chi connectivity index (χ1n) is 9.56. The van der Waals surface area contributed by atoms with Gasteiger partial charge in [0.05, 0.1) is 6.54 Å². The van der Waals surface area contributed by atoms with Crippen molar-refractivity contribution in [3.05, 3.63) is 70.5 Å². The van der Waals surface area contributed by atoms with Crippen molar-refractivity contribution in [2.75, 3.05) is 25.4 Å². The summed E-state index contributed by atoms with van der Waals surface area (Å²) in [6, 6.07) is 14.2. The zero-order valence-corrected chi connectivity index (χ0v) is 17.8. The highest BCUT2D eigenvalue weighted by Crippen LogP contribution is 2.40. The molecule has 3 nitrogen and oxygen atoms in total. The molecule has 2 aromatic rings. The first kappa shape index (κ1) is 21.2. The maximum absolute atomic E-state index is 13.2. The number of rotatable bonds is 7. The Hall–Kier alpha value is -1.56. The number of nitrogens with zero attached hydrogens (tertiary/aromatic N) is 2. The highest BCUT2D eigenvalue weighted by atomic mass is 35.5. The largest absolute Gasteiger partial charge is 0.325 e. The summed E-state index contributed by atoms with van der Waals surface area (Å²) in [4.78, 5) is 17.2. The second-order valence-corrected chi connectivity index (χ2v) is 9.12. The van der Waals surface area contributed by atoms with Crippen LogP contribution in [0.25, 0.3) is 0 Å². The normalized spacial score (nSPS) is 16.9. The van der Waals surface area contributed by atoms with E-state index in [-0.39, 0.29) is 17.1 Å². The van der Waals surface area contributed by atoms with Crippen molar-refractivity contribution in [2.45, 2.75) is 25.8 Å². The van der Waals surface area contributed by atoms with E-state index in [1.807, 2.05) is 29.2 Å². The Labute approximate surface area is 175 Å². The van der Waals surface area contributed by atoms with Gasteiger partial charge in [-0.05, 0) is 29.7 Å². The summed E-state index contributed by atoms with van der Waals surface area (Å²) in [5, 5.41) is 0.665. The Morgan fingerprint density at radius 2 is 1.96 bits per heavy atom. The molecule has 0 aromatic heterocycles. The lowest BCUT2D eigenvalue weighted by atomic mass is 10.1. The second kappa shape index (κ2) is 9.77. The van der Waals surface area contributed by atoms with Crippen LogP contribution in [0.1, 0.15) is 30.3 Å². The smallest absolute Gasteiger partial charge is 0.237 e. The Balaban J connectivity index is 1.71. The molecule has 0 saturated carbocycles. The van der Waals surface area contributed by atoms with Crippen LogP contribution in [-0.2, 0) is 11.3 Å². The fourth-order valence-electron chi connectivity index (χ4n) is 3.49. The Morgan fingerprint density at radius 1 is 1.25 bits per heavy atom. The number of hydrogen-bond donors (Lipinski definition) is 0. The lowest BCUT2D eigenvalue weighted by Crippen LogP contribution is -2.41. The van der Waals surface area contributed by atoms with E-state index in [4.69, 9.17) is 11.6 Å². The standard InChI is InChI=1S/C22H26ClFN2OS/c1-16(2)13-25(14-17-7-9-18(24)10-8-17)15-21(27)26-11-12-28-22(26)19-5-3-4-6-20(19)23/h3-10,16,22H,11-15H2,1-2H3/t22-/m1/s1. The van der Waals surface area contributed by atoms with E-state index >= 15 is 0 Å². The molecule has 1 amide bonds. The molecule has 150 valence electrons. The molecule has 3 rings (SSSR count). The van der Waals surface area contributed by atoms with Crippen LogP contribution in [0.4, 0.5) is 4.39 Å². The fraction of sp³-hybridized carbons (Fsp3) is 0.409. The molecule has 1 aliphatic rings. The van der Waals surface area contributed by atoms with Crippen molar-refractivity contribution >= 4 is 29.3 Å². The van der Waals surface area contributed by atoms with Crippen molar-refractivity contribution in [1.29, 1.82) is 0 Å². The van der Waals surface area contributed by atoms with E-state index in [2.05, 4.69) is 18.7 Å². The van der Waals surface area contributed by atoms with Crippen LogP contribution in [0.15, 0.2) is 48.5 Å². The van der Waals surface area contributed by atoms with E-state index in [1.165, 1.54) is 12.1 Å². The number of carbonyl (C=O) groups excluding carboxylic acids is 1. The fourth-order valence-corrected chi connectivity index (χ4v) is 5.11. The molecule has 1 saturated heterocycles. The highest BCUT2D eigenvalue weighted by molar-refractivity contribution is 7.99. The van der Waals surface area contributed by atoms with Gasteiger partial charge in [-0.25, -0.2) is 4.39 Å². The van der Waals surface area contributed by atoms with Gasteiger partial charge in [0.25, 0.3) is 0 Å². The van der Waals surface area contributed by atoms with Gasteiger partial charge in [-0.2, -0.15) is 0 Å². The molecule has 1 aliphatic heterocycles.